The summed E-state index contributed by atoms with van der Waals surface area (Å²) in [7, 11) is 0. The second kappa shape index (κ2) is 7.38. The van der Waals surface area contributed by atoms with Crippen LogP contribution in [0, 0.1) is 6.92 Å². The molecule has 0 radical (unpaired) electrons. The van der Waals surface area contributed by atoms with Crippen LogP contribution in [0.1, 0.15) is 32.1 Å². The number of anilines is 1. The van der Waals surface area contributed by atoms with E-state index in [1.54, 1.807) is 0 Å². The Balaban J connectivity index is 1.61. The Morgan fingerprint density at radius 2 is 1.96 bits per heavy atom. The summed E-state index contributed by atoms with van der Waals surface area (Å²) in [5.41, 5.74) is 2.73. The quantitative estimate of drug-likeness (QED) is 0.728. The Bertz CT molecular complexity index is 869. The lowest BCUT2D eigenvalue weighted by Crippen LogP contribution is -2.15. The molecule has 3 rings (SSSR count). The van der Waals surface area contributed by atoms with Gasteiger partial charge in [0.25, 0.3) is 0 Å². The largest absolute Gasteiger partial charge is 0.493 e. The van der Waals surface area contributed by atoms with E-state index in [-0.39, 0.29) is 5.91 Å². The first-order valence-corrected chi connectivity index (χ1v) is 8.51. The first-order chi connectivity index (χ1) is 12.0. The van der Waals surface area contributed by atoms with Crippen LogP contribution in [0.25, 0.3) is 11.0 Å². The molecule has 1 N–H and O–H groups in total. The number of benzene rings is 2. The van der Waals surface area contributed by atoms with Gasteiger partial charge in [0.2, 0.25) is 5.91 Å². The minimum absolute atomic E-state index is 0.0738. The predicted molar refractivity (Wildman–Crippen MR) is 100 cm³/mol. The van der Waals surface area contributed by atoms with E-state index >= 15 is 0 Å². The number of imidazole rings is 1. The summed E-state index contributed by atoms with van der Waals surface area (Å²) < 4.78 is 7.74. The lowest BCUT2D eigenvalue weighted by Gasteiger charge is -2.11. The SMILES string of the molecule is Cc1nc2cc(NC(=O)CCOc3ccccc3)ccc2n1C(C)C. The first-order valence-electron chi connectivity index (χ1n) is 8.51. The summed E-state index contributed by atoms with van der Waals surface area (Å²) in [6, 6.07) is 15.7. The highest BCUT2D eigenvalue weighted by atomic mass is 16.5. The standard InChI is InChI=1S/C20H23N3O2/c1-14(2)23-15(3)21-18-13-16(9-10-19(18)23)22-20(24)11-12-25-17-7-5-4-6-8-17/h4-10,13-14H,11-12H2,1-3H3,(H,22,24). The molecule has 5 nitrogen and oxygen atoms in total. The number of nitrogens with one attached hydrogen (secondary N) is 1. The zero-order valence-electron chi connectivity index (χ0n) is 14.8. The number of carbonyl (C=O) groups is 1. The zero-order chi connectivity index (χ0) is 17.8. The molecule has 0 saturated carbocycles. The molecule has 130 valence electrons. The lowest BCUT2D eigenvalue weighted by atomic mass is 10.2. The molecule has 5 heteroatoms. The zero-order valence-corrected chi connectivity index (χ0v) is 14.8. The van der Waals surface area contributed by atoms with Crippen LogP contribution in [-0.2, 0) is 4.79 Å². The maximum absolute atomic E-state index is 12.1. The van der Waals surface area contributed by atoms with Crippen LogP contribution in [0.3, 0.4) is 0 Å². The number of para-hydroxylation sites is 1. The number of amides is 1. The Hall–Kier alpha value is -2.82. The van der Waals surface area contributed by atoms with Crippen LogP contribution in [0.4, 0.5) is 5.69 Å². The van der Waals surface area contributed by atoms with E-state index in [0.29, 0.717) is 19.1 Å². The van der Waals surface area contributed by atoms with Crippen molar-refractivity contribution in [1.82, 2.24) is 9.55 Å². The van der Waals surface area contributed by atoms with Crippen molar-refractivity contribution in [1.29, 1.82) is 0 Å². The molecule has 0 saturated heterocycles. The number of carbonyl (C=O) groups excluding carboxylic acids is 1. The molecule has 25 heavy (non-hydrogen) atoms. The third-order valence-electron chi connectivity index (χ3n) is 4.01. The van der Waals surface area contributed by atoms with Gasteiger partial charge in [0.05, 0.1) is 24.1 Å². The van der Waals surface area contributed by atoms with Crippen LogP contribution in [0.2, 0.25) is 0 Å². The highest BCUT2D eigenvalue weighted by molar-refractivity contribution is 5.93. The number of aryl methyl sites for hydroxylation is 1. The Kier molecular flexibility index (Phi) is 5.03. The molecule has 0 spiro atoms. The van der Waals surface area contributed by atoms with Crippen molar-refractivity contribution in [2.24, 2.45) is 0 Å². The van der Waals surface area contributed by atoms with E-state index in [2.05, 4.69) is 28.7 Å². The molecule has 0 unspecified atom stereocenters. The van der Waals surface area contributed by atoms with Crippen molar-refractivity contribution in [3.05, 3.63) is 54.4 Å². The minimum atomic E-state index is -0.0738. The van der Waals surface area contributed by atoms with E-state index in [1.165, 1.54) is 0 Å². The summed E-state index contributed by atoms with van der Waals surface area (Å²) in [6.45, 7) is 6.62. The second-order valence-corrected chi connectivity index (χ2v) is 6.29. The molecular weight excluding hydrogens is 314 g/mol. The van der Waals surface area contributed by atoms with Crippen molar-refractivity contribution >= 4 is 22.6 Å². The van der Waals surface area contributed by atoms with Gasteiger partial charge in [0.1, 0.15) is 11.6 Å². The van der Waals surface area contributed by atoms with Crippen molar-refractivity contribution in [3.63, 3.8) is 0 Å². The van der Waals surface area contributed by atoms with Crippen molar-refractivity contribution in [2.45, 2.75) is 33.2 Å². The number of hydrogen-bond donors (Lipinski definition) is 1. The smallest absolute Gasteiger partial charge is 0.227 e. The second-order valence-electron chi connectivity index (χ2n) is 6.29. The molecule has 1 amide bonds. The molecule has 3 aromatic rings. The number of hydrogen-bond acceptors (Lipinski definition) is 3. The lowest BCUT2D eigenvalue weighted by molar-refractivity contribution is -0.116. The predicted octanol–water partition coefficient (Wildman–Crippen LogP) is 4.33. The number of aromatic nitrogens is 2. The third-order valence-corrected chi connectivity index (χ3v) is 4.01. The van der Waals surface area contributed by atoms with Gasteiger partial charge < -0.3 is 14.6 Å². The maximum atomic E-state index is 12.1. The summed E-state index contributed by atoms with van der Waals surface area (Å²) in [5, 5.41) is 2.91. The normalized spacial score (nSPS) is 11.0. The molecule has 2 aromatic carbocycles. The average Bonchev–Trinajstić information content (AvgIpc) is 2.91. The third kappa shape index (κ3) is 3.99. The van der Waals surface area contributed by atoms with Gasteiger partial charge in [0.15, 0.2) is 0 Å². The number of rotatable bonds is 6. The summed E-state index contributed by atoms with van der Waals surface area (Å²) in [6.07, 6.45) is 0.298. The molecule has 0 bridgehead atoms. The Morgan fingerprint density at radius 3 is 2.68 bits per heavy atom. The van der Waals surface area contributed by atoms with Gasteiger partial charge in [-0.2, -0.15) is 0 Å². The van der Waals surface area contributed by atoms with Crippen molar-refractivity contribution < 1.29 is 9.53 Å². The van der Waals surface area contributed by atoms with Crippen LogP contribution >= 0.6 is 0 Å². The van der Waals surface area contributed by atoms with Gasteiger partial charge in [-0.25, -0.2) is 4.98 Å². The number of nitrogens with zero attached hydrogens (tertiary/aromatic N) is 2. The molecule has 1 heterocycles. The molecule has 0 fully saturated rings. The fraction of sp³-hybridized carbons (Fsp3) is 0.300. The molecule has 0 atom stereocenters. The van der Waals surface area contributed by atoms with Crippen molar-refractivity contribution in [2.75, 3.05) is 11.9 Å². The molecule has 1 aromatic heterocycles. The Labute approximate surface area is 147 Å². The van der Waals surface area contributed by atoms with Gasteiger partial charge in [-0.3, -0.25) is 4.79 Å². The highest BCUT2D eigenvalue weighted by Gasteiger charge is 2.11. The molecule has 0 aliphatic rings. The van der Waals surface area contributed by atoms with E-state index < -0.39 is 0 Å². The Morgan fingerprint density at radius 1 is 1.20 bits per heavy atom. The van der Waals surface area contributed by atoms with Crippen LogP contribution in [-0.4, -0.2) is 22.1 Å². The fourth-order valence-electron chi connectivity index (χ4n) is 2.95. The van der Waals surface area contributed by atoms with Crippen LogP contribution in [0.5, 0.6) is 5.75 Å². The topological polar surface area (TPSA) is 56.1 Å². The van der Waals surface area contributed by atoms with Gasteiger partial charge in [-0.05, 0) is 51.1 Å². The van der Waals surface area contributed by atoms with E-state index in [1.807, 2.05) is 55.5 Å². The van der Waals surface area contributed by atoms with E-state index in [0.717, 1.165) is 28.3 Å². The van der Waals surface area contributed by atoms with Gasteiger partial charge >= 0.3 is 0 Å². The van der Waals surface area contributed by atoms with Gasteiger partial charge in [0, 0.05) is 11.7 Å². The molecule has 0 aliphatic heterocycles. The number of fused-ring (bicyclic) bond motifs is 1. The summed E-state index contributed by atoms with van der Waals surface area (Å²) >= 11 is 0. The highest BCUT2D eigenvalue weighted by Crippen LogP contribution is 2.23. The van der Waals surface area contributed by atoms with Gasteiger partial charge in [-0.15, -0.1) is 0 Å². The van der Waals surface area contributed by atoms with E-state index in [9.17, 15) is 4.79 Å². The maximum Gasteiger partial charge on any atom is 0.227 e. The number of ether oxygens (including phenoxy) is 1. The van der Waals surface area contributed by atoms with Crippen LogP contribution in [0.15, 0.2) is 48.5 Å². The summed E-state index contributed by atoms with van der Waals surface area (Å²) in [4.78, 5) is 16.7. The monoisotopic (exact) mass is 337 g/mol. The average molecular weight is 337 g/mol. The van der Waals surface area contributed by atoms with Gasteiger partial charge in [-0.1, -0.05) is 18.2 Å². The van der Waals surface area contributed by atoms with E-state index in [4.69, 9.17) is 4.74 Å². The van der Waals surface area contributed by atoms with Crippen molar-refractivity contribution in [3.8, 4) is 5.75 Å². The molecular formula is C20H23N3O2. The summed E-state index contributed by atoms with van der Waals surface area (Å²) in [5.74, 6) is 1.67. The van der Waals surface area contributed by atoms with Crippen LogP contribution < -0.4 is 10.1 Å². The fourth-order valence-corrected chi connectivity index (χ4v) is 2.95. The minimum Gasteiger partial charge on any atom is -0.493 e. The first kappa shape index (κ1) is 17.0. The molecule has 0 aliphatic carbocycles.